The first kappa shape index (κ1) is 25.4. The van der Waals surface area contributed by atoms with Crippen molar-refractivity contribution in [1.29, 1.82) is 0 Å². The van der Waals surface area contributed by atoms with Gasteiger partial charge in [-0.2, -0.15) is 0 Å². The molecule has 1 aliphatic carbocycles. The molecule has 1 aromatic rings. The van der Waals surface area contributed by atoms with Crippen molar-refractivity contribution < 1.29 is 44.0 Å². The molecule has 0 aromatic carbocycles. The van der Waals surface area contributed by atoms with E-state index in [9.17, 15) is 24.3 Å². The molecule has 1 saturated carbocycles. The Balaban J connectivity index is 1.61. The van der Waals surface area contributed by atoms with Crippen molar-refractivity contribution in [3.63, 3.8) is 0 Å². The van der Waals surface area contributed by atoms with E-state index >= 15 is 0 Å². The fraction of sp³-hybridized carbons (Fsp3) is 0.591. The van der Waals surface area contributed by atoms with Crippen LogP contribution in [0.4, 0.5) is 0 Å². The molecule has 2 heterocycles. The van der Waals surface area contributed by atoms with E-state index in [-0.39, 0.29) is 25.0 Å². The number of hydrogen-bond donors (Lipinski definition) is 5. The summed E-state index contributed by atoms with van der Waals surface area (Å²) in [6.45, 7) is 6.13. The first-order valence-electron chi connectivity index (χ1n) is 10.8. The van der Waals surface area contributed by atoms with E-state index in [1.165, 1.54) is 0 Å². The first-order chi connectivity index (χ1) is 15.8. The van der Waals surface area contributed by atoms with Gasteiger partial charge in [0.15, 0.2) is 5.60 Å². The minimum Gasteiger partial charge on any atom is -0.481 e. The van der Waals surface area contributed by atoms with Crippen molar-refractivity contribution >= 4 is 23.8 Å². The SMILES string of the molecule is Cc1cccnc1OCC(C)(C)NC(=O)[C@@H]1[C@@H]2CNC[C@@]12OC(=O)CC(O)(CC(=O)O)C(=O)O. The third kappa shape index (κ3) is 5.28. The number of piperidine rings is 1. The van der Waals surface area contributed by atoms with E-state index in [1.54, 1.807) is 26.1 Å². The highest BCUT2D eigenvalue weighted by Gasteiger charge is 2.74. The average Bonchev–Trinajstić information content (AvgIpc) is 3.12. The number of rotatable bonds is 11. The van der Waals surface area contributed by atoms with Crippen LogP contribution in [0.3, 0.4) is 0 Å². The number of carbonyl (C=O) groups is 4. The number of amides is 1. The van der Waals surface area contributed by atoms with Crippen LogP contribution in [0.1, 0.15) is 32.3 Å². The Hall–Kier alpha value is -3.25. The molecule has 2 fully saturated rings. The van der Waals surface area contributed by atoms with E-state index < -0.39 is 53.4 Å². The van der Waals surface area contributed by atoms with Crippen molar-refractivity contribution in [2.24, 2.45) is 11.8 Å². The fourth-order valence-corrected chi connectivity index (χ4v) is 4.30. The monoisotopic (exact) mass is 479 g/mol. The summed E-state index contributed by atoms with van der Waals surface area (Å²) in [6.07, 6.45) is -0.619. The van der Waals surface area contributed by atoms with Gasteiger partial charge in [-0.25, -0.2) is 9.78 Å². The molecule has 4 atom stereocenters. The second kappa shape index (κ2) is 9.18. The fourth-order valence-electron chi connectivity index (χ4n) is 4.30. The summed E-state index contributed by atoms with van der Waals surface area (Å²) in [5.41, 5.74) is -3.92. The van der Waals surface area contributed by atoms with Gasteiger partial charge in [0.25, 0.3) is 0 Å². The Morgan fingerprint density at radius 3 is 2.59 bits per heavy atom. The predicted molar refractivity (Wildman–Crippen MR) is 115 cm³/mol. The summed E-state index contributed by atoms with van der Waals surface area (Å²) in [5.74, 6) is -5.43. The van der Waals surface area contributed by atoms with Crippen molar-refractivity contribution in [1.82, 2.24) is 15.6 Å². The van der Waals surface area contributed by atoms with Gasteiger partial charge in [-0.05, 0) is 26.8 Å². The van der Waals surface area contributed by atoms with Crippen LogP contribution in [-0.2, 0) is 23.9 Å². The number of aliphatic carboxylic acids is 2. The maximum absolute atomic E-state index is 13.0. The Kier molecular flexibility index (Phi) is 6.85. The number of pyridine rings is 1. The van der Waals surface area contributed by atoms with E-state index in [1.807, 2.05) is 13.0 Å². The molecule has 12 heteroatoms. The van der Waals surface area contributed by atoms with Crippen molar-refractivity contribution in [2.75, 3.05) is 19.7 Å². The molecular formula is C22H29N3O9. The van der Waals surface area contributed by atoms with E-state index in [0.717, 1.165) is 5.56 Å². The van der Waals surface area contributed by atoms with Gasteiger partial charge in [0.2, 0.25) is 11.8 Å². The molecule has 34 heavy (non-hydrogen) atoms. The molecule has 12 nitrogen and oxygen atoms in total. The average molecular weight is 479 g/mol. The van der Waals surface area contributed by atoms with Crippen LogP contribution in [0.5, 0.6) is 5.88 Å². The third-order valence-corrected chi connectivity index (χ3v) is 6.07. The Morgan fingerprint density at radius 1 is 1.26 bits per heavy atom. The van der Waals surface area contributed by atoms with Gasteiger partial charge in [-0.1, -0.05) is 6.07 Å². The number of carboxylic acids is 2. The zero-order valence-corrected chi connectivity index (χ0v) is 19.2. The molecule has 2 aliphatic rings. The number of carboxylic acid groups (broad SMARTS) is 2. The van der Waals surface area contributed by atoms with Gasteiger partial charge < -0.3 is 35.4 Å². The summed E-state index contributed by atoms with van der Waals surface area (Å²) < 4.78 is 11.2. The Morgan fingerprint density at radius 2 is 1.97 bits per heavy atom. The van der Waals surface area contributed by atoms with E-state index in [0.29, 0.717) is 12.4 Å². The minimum atomic E-state index is -2.81. The molecule has 1 amide bonds. The summed E-state index contributed by atoms with van der Waals surface area (Å²) in [4.78, 5) is 51.8. The number of aryl methyl sites for hydroxylation is 1. The van der Waals surface area contributed by atoms with E-state index in [4.69, 9.17) is 19.7 Å². The summed E-state index contributed by atoms with van der Waals surface area (Å²) in [7, 11) is 0. The second-order valence-corrected chi connectivity index (χ2v) is 9.52. The zero-order valence-electron chi connectivity index (χ0n) is 19.2. The largest absolute Gasteiger partial charge is 0.481 e. The van der Waals surface area contributed by atoms with Gasteiger partial charge in [0.1, 0.15) is 12.2 Å². The number of carbonyl (C=O) groups excluding carboxylic acids is 2. The molecule has 1 saturated heterocycles. The molecule has 1 aromatic heterocycles. The molecule has 3 rings (SSSR count). The van der Waals surface area contributed by atoms with Gasteiger partial charge in [0.05, 0.1) is 24.3 Å². The number of aliphatic hydroxyl groups is 1. The van der Waals surface area contributed by atoms with Gasteiger partial charge in [-0.3, -0.25) is 14.4 Å². The highest BCUT2D eigenvalue weighted by atomic mass is 16.6. The van der Waals surface area contributed by atoms with E-state index in [2.05, 4.69) is 15.6 Å². The first-order valence-corrected chi connectivity index (χ1v) is 10.8. The van der Waals surface area contributed by atoms with Crippen molar-refractivity contribution in [3.8, 4) is 5.88 Å². The molecule has 1 unspecified atom stereocenters. The summed E-state index contributed by atoms with van der Waals surface area (Å²) >= 11 is 0. The quantitative estimate of drug-likeness (QED) is 0.257. The van der Waals surface area contributed by atoms with Gasteiger partial charge in [0, 0.05) is 30.8 Å². The molecule has 0 bridgehead atoms. The summed E-state index contributed by atoms with van der Waals surface area (Å²) in [5, 5.41) is 34.1. The normalized spacial score (nSPS) is 24.9. The smallest absolute Gasteiger partial charge is 0.336 e. The number of nitrogens with one attached hydrogen (secondary N) is 2. The summed E-state index contributed by atoms with van der Waals surface area (Å²) in [6, 6.07) is 3.64. The van der Waals surface area contributed by atoms with Crippen molar-refractivity contribution in [2.45, 2.75) is 50.4 Å². The lowest BCUT2D eigenvalue weighted by atomic mass is 9.96. The maximum atomic E-state index is 13.0. The molecular weight excluding hydrogens is 450 g/mol. The Labute approximate surface area is 195 Å². The number of aromatic nitrogens is 1. The highest BCUT2D eigenvalue weighted by molar-refractivity contribution is 5.90. The standard InChI is InChI=1S/C22H29N3O9/c1-12-5-4-6-24-18(12)33-11-20(2,3)25-17(29)16-13-9-23-10-22(13,16)34-15(28)8-21(32,19(30)31)7-14(26)27/h4-6,13,16,23,32H,7-11H2,1-3H3,(H,25,29)(H,26,27)(H,30,31)/t13-,16-,21?,22-/m0/s1. The number of esters is 1. The molecule has 5 N–H and O–H groups in total. The van der Waals surface area contributed by atoms with Crippen LogP contribution in [0.15, 0.2) is 18.3 Å². The highest BCUT2D eigenvalue weighted by Crippen LogP contribution is 2.56. The maximum Gasteiger partial charge on any atom is 0.336 e. The molecule has 186 valence electrons. The van der Waals surface area contributed by atoms with Crippen LogP contribution < -0.4 is 15.4 Å². The number of nitrogens with zero attached hydrogens (tertiary/aromatic N) is 1. The topological polar surface area (TPSA) is 184 Å². The van der Waals surface area contributed by atoms with Crippen LogP contribution in [-0.4, -0.2) is 80.6 Å². The minimum absolute atomic E-state index is 0.139. The lowest BCUT2D eigenvalue weighted by Crippen LogP contribution is -2.50. The Bertz CT molecular complexity index is 998. The number of hydrogen-bond acceptors (Lipinski definition) is 9. The zero-order chi connectivity index (χ0) is 25.3. The van der Waals surface area contributed by atoms with Crippen molar-refractivity contribution in [3.05, 3.63) is 23.9 Å². The lowest BCUT2D eigenvalue weighted by molar-refractivity contribution is -0.174. The van der Waals surface area contributed by atoms with Crippen LogP contribution >= 0.6 is 0 Å². The van der Waals surface area contributed by atoms with Crippen LogP contribution in [0.2, 0.25) is 0 Å². The number of ether oxygens (including phenoxy) is 2. The third-order valence-electron chi connectivity index (χ3n) is 6.07. The lowest BCUT2D eigenvalue weighted by Gasteiger charge is -2.27. The van der Waals surface area contributed by atoms with Crippen LogP contribution in [0.25, 0.3) is 0 Å². The molecule has 1 aliphatic heterocycles. The molecule has 0 radical (unpaired) electrons. The van der Waals surface area contributed by atoms with Gasteiger partial charge in [-0.15, -0.1) is 0 Å². The second-order valence-electron chi connectivity index (χ2n) is 9.52. The predicted octanol–water partition coefficient (Wildman–Crippen LogP) is -0.525. The van der Waals surface area contributed by atoms with Gasteiger partial charge >= 0.3 is 17.9 Å². The molecule has 0 spiro atoms. The number of fused-ring (bicyclic) bond motifs is 1. The van der Waals surface area contributed by atoms with Crippen LogP contribution in [0, 0.1) is 18.8 Å².